The first-order chi connectivity index (χ1) is 21.2. The first-order valence-electron chi connectivity index (χ1n) is 13.2. The predicted molar refractivity (Wildman–Crippen MR) is 163 cm³/mol. The van der Waals surface area contributed by atoms with Crippen LogP contribution in [0.3, 0.4) is 0 Å². The van der Waals surface area contributed by atoms with Crippen LogP contribution in [0.25, 0.3) is 5.69 Å². The van der Waals surface area contributed by atoms with E-state index in [0.717, 1.165) is 29.4 Å². The Hall–Kier alpha value is -5.68. The van der Waals surface area contributed by atoms with E-state index >= 15 is 0 Å². The zero-order chi connectivity index (χ0) is 31.2. The number of esters is 1. The number of rotatable bonds is 10. The Morgan fingerprint density at radius 2 is 1.73 bits per heavy atom. The van der Waals surface area contributed by atoms with E-state index in [1.54, 1.807) is 18.2 Å². The normalized spacial score (nSPS) is 11.0. The summed E-state index contributed by atoms with van der Waals surface area (Å²) < 4.78 is 18.9. The molecule has 0 aliphatic heterocycles. The van der Waals surface area contributed by atoms with Crippen LogP contribution in [-0.4, -0.2) is 27.6 Å². The number of amides is 1. The summed E-state index contributed by atoms with van der Waals surface area (Å²) in [6.45, 7) is 4.17. The fraction of sp³-hybridized carbons (Fsp3) is 0.0938. The molecule has 222 valence electrons. The number of halogens is 1. The van der Waals surface area contributed by atoms with Crippen LogP contribution in [-0.2, 0) is 6.61 Å². The number of carbonyl (C=O) groups excluding carboxylic acids is 2. The minimum atomic E-state index is -0.768. The van der Waals surface area contributed by atoms with Crippen molar-refractivity contribution in [1.82, 2.24) is 9.99 Å². The minimum absolute atomic E-state index is 0.0254. The van der Waals surface area contributed by atoms with Gasteiger partial charge in [-0.25, -0.2) is 10.2 Å². The molecule has 2 aromatic heterocycles. The monoisotopic (exact) mass is 612 g/mol. The van der Waals surface area contributed by atoms with Crippen molar-refractivity contribution in [1.29, 1.82) is 0 Å². The molecule has 3 aromatic carbocycles. The van der Waals surface area contributed by atoms with Gasteiger partial charge in [0.2, 0.25) is 0 Å². The van der Waals surface area contributed by atoms with Crippen molar-refractivity contribution in [3.05, 3.63) is 140 Å². The van der Waals surface area contributed by atoms with E-state index in [0.29, 0.717) is 11.5 Å². The highest BCUT2D eigenvalue weighted by Crippen LogP contribution is 2.25. The predicted octanol–water partition coefficient (Wildman–Crippen LogP) is 6.81. The standard InChI is InChI=1S/C32H25ClN4O7/c1-20-7-8-21(2)36(20)23-9-12-25(13-10-23)42-19-26-14-16-30(43-26)31(38)35-34-18-22-17-24(37(40)41)11-15-29(22)44-32(39)27-5-3-4-6-28(27)33/h3-18H,19H2,1-2H3,(H,35,38)/b34-18+. The van der Waals surface area contributed by atoms with Crippen LogP contribution in [0.4, 0.5) is 5.69 Å². The molecular weight excluding hydrogens is 588 g/mol. The van der Waals surface area contributed by atoms with Crippen molar-refractivity contribution >= 4 is 35.4 Å². The van der Waals surface area contributed by atoms with E-state index in [4.69, 9.17) is 25.5 Å². The minimum Gasteiger partial charge on any atom is -0.486 e. The molecule has 0 atom stereocenters. The van der Waals surface area contributed by atoms with Gasteiger partial charge in [-0.05, 0) is 80.6 Å². The van der Waals surface area contributed by atoms with Crippen LogP contribution in [0, 0.1) is 24.0 Å². The number of aryl methyl sites for hydroxylation is 2. The van der Waals surface area contributed by atoms with E-state index in [1.165, 1.54) is 30.3 Å². The van der Waals surface area contributed by atoms with Gasteiger partial charge in [0.05, 0.1) is 21.7 Å². The maximum Gasteiger partial charge on any atom is 0.345 e. The van der Waals surface area contributed by atoms with Crippen molar-refractivity contribution in [3.63, 3.8) is 0 Å². The lowest BCUT2D eigenvalue weighted by Crippen LogP contribution is -2.17. The lowest BCUT2D eigenvalue weighted by Gasteiger charge is -2.10. The number of hydrogen-bond acceptors (Lipinski definition) is 8. The lowest BCUT2D eigenvalue weighted by atomic mass is 10.2. The maximum absolute atomic E-state index is 12.6. The van der Waals surface area contributed by atoms with Crippen LogP contribution in [0.15, 0.2) is 101 Å². The van der Waals surface area contributed by atoms with Gasteiger partial charge in [-0.3, -0.25) is 14.9 Å². The van der Waals surface area contributed by atoms with Crippen molar-refractivity contribution in [2.45, 2.75) is 20.5 Å². The van der Waals surface area contributed by atoms with Crippen LogP contribution < -0.4 is 14.9 Å². The summed E-state index contributed by atoms with van der Waals surface area (Å²) in [5.74, 6) is -0.453. The smallest absolute Gasteiger partial charge is 0.345 e. The molecule has 1 N–H and O–H groups in total. The fourth-order valence-electron chi connectivity index (χ4n) is 4.34. The highest BCUT2D eigenvalue weighted by Gasteiger charge is 2.17. The Balaban J connectivity index is 1.21. The summed E-state index contributed by atoms with van der Waals surface area (Å²) in [5, 5.41) is 15.3. The molecule has 0 radical (unpaired) electrons. The third-order valence-corrected chi connectivity index (χ3v) is 6.83. The second-order valence-electron chi connectivity index (χ2n) is 9.55. The van der Waals surface area contributed by atoms with E-state index in [-0.39, 0.29) is 40.0 Å². The number of hydrazone groups is 1. The molecule has 0 bridgehead atoms. The number of ether oxygens (including phenoxy) is 2. The molecule has 0 saturated heterocycles. The average Bonchev–Trinajstić information content (AvgIpc) is 3.63. The number of furan rings is 1. The third-order valence-electron chi connectivity index (χ3n) is 6.50. The Bertz CT molecular complexity index is 1860. The average molecular weight is 613 g/mol. The Morgan fingerprint density at radius 3 is 2.43 bits per heavy atom. The largest absolute Gasteiger partial charge is 0.486 e. The number of non-ortho nitro benzene ring substituents is 1. The van der Waals surface area contributed by atoms with Gasteiger partial charge >= 0.3 is 11.9 Å². The number of nitro groups is 1. The molecule has 5 aromatic rings. The van der Waals surface area contributed by atoms with Gasteiger partial charge in [0, 0.05) is 34.8 Å². The Morgan fingerprint density at radius 1 is 1.00 bits per heavy atom. The fourth-order valence-corrected chi connectivity index (χ4v) is 4.55. The topological polar surface area (TPSA) is 138 Å². The van der Waals surface area contributed by atoms with Gasteiger partial charge in [-0.2, -0.15) is 5.10 Å². The van der Waals surface area contributed by atoms with Crippen LogP contribution in [0.5, 0.6) is 11.5 Å². The van der Waals surface area contributed by atoms with Crippen LogP contribution in [0.1, 0.15) is 43.6 Å². The summed E-state index contributed by atoms with van der Waals surface area (Å²) in [6.07, 6.45) is 1.12. The molecular formula is C32H25ClN4O7. The third kappa shape index (κ3) is 6.85. The summed E-state index contributed by atoms with van der Waals surface area (Å²) >= 11 is 6.07. The van der Waals surface area contributed by atoms with Gasteiger partial charge in [-0.15, -0.1) is 0 Å². The zero-order valence-electron chi connectivity index (χ0n) is 23.5. The van der Waals surface area contributed by atoms with Crippen LogP contribution >= 0.6 is 11.6 Å². The lowest BCUT2D eigenvalue weighted by molar-refractivity contribution is -0.384. The Labute approximate surface area is 256 Å². The van der Waals surface area contributed by atoms with Gasteiger partial charge in [0.1, 0.15) is 23.9 Å². The van der Waals surface area contributed by atoms with Gasteiger partial charge in [-0.1, -0.05) is 23.7 Å². The van der Waals surface area contributed by atoms with Crippen molar-refractivity contribution in [3.8, 4) is 17.2 Å². The maximum atomic E-state index is 12.6. The number of benzene rings is 3. The van der Waals surface area contributed by atoms with Crippen molar-refractivity contribution < 1.29 is 28.4 Å². The summed E-state index contributed by atoms with van der Waals surface area (Å²) in [5.41, 5.74) is 5.49. The second kappa shape index (κ2) is 13.1. The molecule has 0 aliphatic rings. The highest BCUT2D eigenvalue weighted by molar-refractivity contribution is 6.33. The zero-order valence-corrected chi connectivity index (χ0v) is 24.3. The SMILES string of the molecule is Cc1ccc(C)n1-c1ccc(OCc2ccc(C(=O)N/N=C/c3cc([N+](=O)[O-])ccc3OC(=O)c3ccccc3Cl)o2)cc1. The first kappa shape index (κ1) is 29.8. The molecule has 0 aliphatic carbocycles. The van der Waals surface area contributed by atoms with Gasteiger partial charge < -0.3 is 18.5 Å². The number of carbonyl (C=O) groups is 2. The van der Waals surface area contributed by atoms with E-state index < -0.39 is 16.8 Å². The highest BCUT2D eigenvalue weighted by atomic mass is 35.5. The molecule has 11 nitrogen and oxygen atoms in total. The number of nitrogens with zero attached hydrogens (tertiary/aromatic N) is 3. The number of nitro benzene ring substituents is 1. The van der Waals surface area contributed by atoms with Crippen LogP contribution in [0.2, 0.25) is 5.02 Å². The number of aromatic nitrogens is 1. The summed E-state index contributed by atoms with van der Waals surface area (Å²) in [7, 11) is 0. The number of nitrogens with one attached hydrogen (secondary N) is 1. The van der Waals surface area contributed by atoms with E-state index in [2.05, 4.69) is 27.2 Å². The quantitative estimate of drug-likeness (QED) is 0.0601. The molecule has 0 fully saturated rings. The molecule has 12 heteroatoms. The van der Waals surface area contributed by atoms with E-state index in [1.807, 2.05) is 38.1 Å². The Kier molecular flexibility index (Phi) is 8.87. The molecule has 0 unspecified atom stereocenters. The van der Waals surface area contributed by atoms with Crippen molar-refractivity contribution in [2.24, 2.45) is 5.10 Å². The molecule has 0 spiro atoms. The summed E-state index contributed by atoms with van der Waals surface area (Å²) in [6, 6.07) is 24.7. The number of hydrogen-bond donors (Lipinski definition) is 1. The molecule has 2 heterocycles. The molecule has 0 saturated carbocycles. The molecule has 44 heavy (non-hydrogen) atoms. The van der Waals surface area contributed by atoms with E-state index in [9.17, 15) is 19.7 Å². The van der Waals surface area contributed by atoms with Gasteiger partial charge in [0.25, 0.3) is 5.69 Å². The molecule has 5 rings (SSSR count). The summed E-state index contributed by atoms with van der Waals surface area (Å²) in [4.78, 5) is 35.9. The second-order valence-corrected chi connectivity index (χ2v) is 9.95. The molecule has 1 amide bonds. The first-order valence-corrected chi connectivity index (χ1v) is 13.6. The van der Waals surface area contributed by atoms with Gasteiger partial charge in [0.15, 0.2) is 5.76 Å². The van der Waals surface area contributed by atoms with Crippen molar-refractivity contribution in [2.75, 3.05) is 0 Å².